The normalized spacial score (nSPS) is 14.3. The summed E-state index contributed by atoms with van der Waals surface area (Å²) in [5, 5.41) is 6.54. The number of hydrogen-bond donors (Lipinski definition) is 2. The number of halogens is 1. The molecule has 0 fully saturated rings. The van der Waals surface area contributed by atoms with Crippen LogP contribution in [0.25, 0.3) is 6.08 Å². The second kappa shape index (κ2) is 12.8. The molecule has 0 spiro atoms. The maximum absolute atomic E-state index is 12.6. The van der Waals surface area contributed by atoms with Gasteiger partial charge in [-0.1, -0.05) is 55.8 Å². The maximum Gasteiger partial charge on any atom is 0.262 e. The standard InChI is InChI=1S/C26H32ClN3O2S/c1-3-5-14-30(13-4-2)15-7-12-28-25(31)20-10-11-23-22(18-20)29-26(32)24(33-23)17-19-8-6-9-21(27)16-19/h6,8-11,16-18H,3-5,7,12-15H2,1-2H3,(H,28,31)(H,29,32). The number of rotatable bonds is 11. The summed E-state index contributed by atoms with van der Waals surface area (Å²) in [5.74, 6) is -0.305. The zero-order valence-corrected chi connectivity index (χ0v) is 20.9. The lowest BCUT2D eigenvalue weighted by Crippen LogP contribution is -2.31. The third-order valence-corrected chi connectivity index (χ3v) is 6.72. The first-order valence-corrected chi connectivity index (χ1v) is 12.8. The van der Waals surface area contributed by atoms with Crippen LogP contribution in [-0.4, -0.2) is 42.9 Å². The van der Waals surface area contributed by atoms with E-state index in [1.54, 1.807) is 18.2 Å². The van der Waals surface area contributed by atoms with E-state index in [0.29, 0.717) is 27.7 Å². The number of nitrogens with one attached hydrogen (secondary N) is 2. The van der Waals surface area contributed by atoms with Crippen molar-refractivity contribution in [3.8, 4) is 0 Å². The molecule has 0 aromatic heterocycles. The molecule has 1 aliphatic rings. The number of unbranched alkanes of at least 4 members (excludes halogenated alkanes) is 1. The van der Waals surface area contributed by atoms with Gasteiger partial charge in [-0.3, -0.25) is 9.59 Å². The third kappa shape index (κ3) is 7.63. The van der Waals surface area contributed by atoms with Gasteiger partial charge in [0, 0.05) is 22.0 Å². The van der Waals surface area contributed by atoms with E-state index in [2.05, 4.69) is 29.4 Å². The van der Waals surface area contributed by atoms with Crippen LogP contribution >= 0.6 is 23.4 Å². The molecule has 1 heterocycles. The minimum atomic E-state index is -0.187. The monoisotopic (exact) mass is 485 g/mol. The number of anilines is 1. The summed E-state index contributed by atoms with van der Waals surface area (Å²) in [6.07, 6.45) is 6.29. The molecule has 0 saturated carbocycles. The van der Waals surface area contributed by atoms with Gasteiger partial charge in [0.2, 0.25) is 0 Å². The molecule has 2 aromatic carbocycles. The number of thioether (sulfide) groups is 1. The highest BCUT2D eigenvalue weighted by molar-refractivity contribution is 8.04. The molecule has 33 heavy (non-hydrogen) atoms. The Balaban J connectivity index is 1.56. The molecule has 0 unspecified atom stereocenters. The van der Waals surface area contributed by atoms with Gasteiger partial charge in [0.15, 0.2) is 0 Å². The average molecular weight is 486 g/mol. The number of carbonyl (C=O) groups is 2. The van der Waals surface area contributed by atoms with Crippen molar-refractivity contribution in [2.45, 2.75) is 44.4 Å². The van der Waals surface area contributed by atoms with Gasteiger partial charge in [-0.15, -0.1) is 0 Å². The number of fused-ring (bicyclic) bond motifs is 1. The quantitative estimate of drug-likeness (QED) is 0.300. The first kappa shape index (κ1) is 25.3. The van der Waals surface area contributed by atoms with Gasteiger partial charge >= 0.3 is 0 Å². The average Bonchev–Trinajstić information content (AvgIpc) is 2.80. The Labute approximate surface area is 206 Å². The molecule has 7 heteroatoms. The van der Waals surface area contributed by atoms with Crippen LogP contribution in [0.4, 0.5) is 5.69 Å². The minimum Gasteiger partial charge on any atom is -0.352 e. The summed E-state index contributed by atoms with van der Waals surface area (Å²) in [7, 11) is 0. The first-order chi connectivity index (χ1) is 16.0. The summed E-state index contributed by atoms with van der Waals surface area (Å²) >= 11 is 7.44. The number of nitrogens with zero attached hydrogens (tertiary/aromatic N) is 1. The van der Waals surface area contributed by atoms with Gasteiger partial charge in [0.1, 0.15) is 0 Å². The van der Waals surface area contributed by atoms with Crippen LogP contribution in [0, 0.1) is 0 Å². The van der Waals surface area contributed by atoms with Gasteiger partial charge in [-0.25, -0.2) is 0 Å². The van der Waals surface area contributed by atoms with E-state index in [4.69, 9.17) is 11.6 Å². The van der Waals surface area contributed by atoms with Crippen molar-refractivity contribution >= 4 is 46.9 Å². The van der Waals surface area contributed by atoms with Gasteiger partial charge in [0.05, 0.1) is 10.6 Å². The Morgan fingerprint density at radius 1 is 1.09 bits per heavy atom. The topological polar surface area (TPSA) is 61.4 Å². The van der Waals surface area contributed by atoms with Crippen LogP contribution < -0.4 is 10.6 Å². The van der Waals surface area contributed by atoms with Gasteiger partial charge in [-0.05, 0) is 80.9 Å². The van der Waals surface area contributed by atoms with E-state index in [1.165, 1.54) is 24.6 Å². The van der Waals surface area contributed by atoms with Crippen molar-refractivity contribution < 1.29 is 9.59 Å². The number of amides is 2. The van der Waals surface area contributed by atoms with Crippen LogP contribution in [0.15, 0.2) is 52.3 Å². The molecule has 2 amide bonds. The Hall–Kier alpha value is -2.28. The molecule has 1 aliphatic heterocycles. The fourth-order valence-electron chi connectivity index (χ4n) is 3.69. The molecule has 2 aromatic rings. The molecule has 2 N–H and O–H groups in total. The Kier molecular flexibility index (Phi) is 9.85. The van der Waals surface area contributed by atoms with E-state index in [9.17, 15) is 9.59 Å². The smallest absolute Gasteiger partial charge is 0.262 e. The fourth-order valence-corrected chi connectivity index (χ4v) is 4.82. The van der Waals surface area contributed by atoms with Crippen molar-refractivity contribution in [3.63, 3.8) is 0 Å². The lowest BCUT2D eigenvalue weighted by molar-refractivity contribution is -0.112. The lowest BCUT2D eigenvalue weighted by atomic mass is 10.1. The van der Waals surface area contributed by atoms with Gasteiger partial charge in [-0.2, -0.15) is 0 Å². The molecule has 0 radical (unpaired) electrons. The van der Waals surface area contributed by atoms with Crippen molar-refractivity contribution in [1.29, 1.82) is 0 Å². The number of carbonyl (C=O) groups excluding carboxylic acids is 2. The largest absolute Gasteiger partial charge is 0.352 e. The summed E-state index contributed by atoms with van der Waals surface area (Å²) < 4.78 is 0. The Morgan fingerprint density at radius 2 is 1.91 bits per heavy atom. The molecular weight excluding hydrogens is 454 g/mol. The van der Waals surface area contributed by atoms with E-state index in [1.807, 2.05) is 30.3 Å². The highest BCUT2D eigenvalue weighted by atomic mass is 35.5. The summed E-state index contributed by atoms with van der Waals surface area (Å²) in [5.41, 5.74) is 2.08. The van der Waals surface area contributed by atoms with Crippen LogP contribution in [0.1, 0.15) is 55.5 Å². The molecule has 176 valence electrons. The lowest BCUT2D eigenvalue weighted by Gasteiger charge is -2.21. The highest BCUT2D eigenvalue weighted by Gasteiger charge is 2.22. The highest BCUT2D eigenvalue weighted by Crippen LogP contribution is 2.39. The predicted molar refractivity (Wildman–Crippen MR) is 139 cm³/mol. The second-order valence-electron chi connectivity index (χ2n) is 8.14. The van der Waals surface area contributed by atoms with E-state index in [-0.39, 0.29) is 11.8 Å². The van der Waals surface area contributed by atoms with Gasteiger partial charge in [0.25, 0.3) is 11.8 Å². The third-order valence-electron chi connectivity index (χ3n) is 5.38. The molecule has 0 saturated heterocycles. The maximum atomic E-state index is 12.6. The molecule has 3 rings (SSSR count). The number of hydrogen-bond acceptors (Lipinski definition) is 4. The van der Waals surface area contributed by atoms with Crippen molar-refractivity contribution in [2.75, 3.05) is 31.5 Å². The predicted octanol–water partition coefficient (Wildman–Crippen LogP) is 6.06. The fraction of sp³-hybridized carbons (Fsp3) is 0.385. The van der Waals surface area contributed by atoms with E-state index >= 15 is 0 Å². The molecule has 5 nitrogen and oxygen atoms in total. The second-order valence-corrected chi connectivity index (χ2v) is 9.66. The zero-order valence-electron chi connectivity index (χ0n) is 19.3. The minimum absolute atomic E-state index is 0.118. The Morgan fingerprint density at radius 3 is 2.67 bits per heavy atom. The molecule has 0 bridgehead atoms. The summed E-state index contributed by atoms with van der Waals surface area (Å²) in [6.45, 7) is 8.25. The van der Waals surface area contributed by atoms with Crippen LogP contribution in [0.3, 0.4) is 0 Å². The van der Waals surface area contributed by atoms with Crippen molar-refractivity contribution in [3.05, 3.63) is 63.5 Å². The van der Waals surface area contributed by atoms with Gasteiger partial charge < -0.3 is 15.5 Å². The van der Waals surface area contributed by atoms with E-state index in [0.717, 1.165) is 42.9 Å². The van der Waals surface area contributed by atoms with Crippen molar-refractivity contribution in [2.24, 2.45) is 0 Å². The molecule has 0 atom stereocenters. The Bertz CT molecular complexity index is 1010. The SMILES string of the molecule is CCCCN(CCC)CCCNC(=O)c1ccc2c(c1)NC(=O)C(=Cc1cccc(Cl)c1)S2. The van der Waals surface area contributed by atoms with Crippen LogP contribution in [0.2, 0.25) is 5.02 Å². The van der Waals surface area contributed by atoms with Crippen molar-refractivity contribution in [1.82, 2.24) is 10.2 Å². The molecular formula is C26H32ClN3O2S. The van der Waals surface area contributed by atoms with Crippen LogP contribution in [-0.2, 0) is 4.79 Å². The summed E-state index contributed by atoms with van der Waals surface area (Å²) in [6, 6.07) is 12.8. The first-order valence-electron chi connectivity index (χ1n) is 11.6. The van der Waals surface area contributed by atoms with Crippen LogP contribution in [0.5, 0.6) is 0 Å². The zero-order chi connectivity index (χ0) is 23.6. The van der Waals surface area contributed by atoms with E-state index < -0.39 is 0 Å². The number of benzene rings is 2. The summed E-state index contributed by atoms with van der Waals surface area (Å²) in [4.78, 5) is 29.2. The molecule has 0 aliphatic carbocycles.